The van der Waals surface area contributed by atoms with Crippen LogP contribution in [0.25, 0.3) is 0 Å². The van der Waals surface area contributed by atoms with E-state index in [1.54, 1.807) is 30.5 Å². The van der Waals surface area contributed by atoms with Crippen LogP contribution in [0.5, 0.6) is 5.75 Å². The SMILES string of the molecule is C[C@@H](c1ccccn1)N(C(=O)COc1ccc(C#N)cc1)C1CC1. The van der Waals surface area contributed by atoms with Gasteiger partial charge in [-0.2, -0.15) is 5.26 Å². The van der Waals surface area contributed by atoms with Gasteiger partial charge in [-0.25, -0.2) is 0 Å². The lowest BCUT2D eigenvalue weighted by molar-refractivity contribution is -0.136. The van der Waals surface area contributed by atoms with Gasteiger partial charge < -0.3 is 9.64 Å². The van der Waals surface area contributed by atoms with Crippen molar-refractivity contribution in [2.24, 2.45) is 0 Å². The van der Waals surface area contributed by atoms with Crippen LogP contribution in [0.2, 0.25) is 0 Å². The summed E-state index contributed by atoms with van der Waals surface area (Å²) in [4.78, 5) is 18.9. The molecule has 1 aromatic heterocycles. The van der Waals surface area contributed by atoms with E-state index in [0.29, 0.717) is 11.3 Å². The Labute approximate surface area is 141 Å². The fraction of sp³-hybridized carbons (Fsp3) is 0.316. The standard InChI is InChI=1S/C19H19N3O2/c1-14(18-4-2-3-11-21-18)22(16-7-8-16)19(23)13-24-17-9-5-15(12-20)6-10-17/h2-6,9-11,14,16H,7-8,13H2,1H3/t14-/m0/s1. The molecule has 24 heavy (non-hydrogen) atoms. The van der Waals surface area contributed by atoms with Gasteiger partial charge in [-0.3, -0.25) is 9.78 Å². The molecule has 1 amide bonds. The minimum Gasteiger partial charge on any atom is -0.484 e. The largest absolute Gasteiger partial charge is 0.484 e. The van der Waals surface area contributed by atoms with Crippen LogP contribution in [0.4, 0.5) is 0 Å². The van der Waals surface area contributed by atoms with E-state index in [4.69, 9.17) is 10.00 Å². The predicted molar refractivity (Wildman–Crippen MR) is 89.2 cm³/mol. The van der Waals surface area contributed by atoms with Gasteiger partial charge in [-0.1, -0.05) is 6.07 Å². The highest BCUT2D eigenvalue weighted by Crippen LogP contribution is 2.33. The number of hydrogen-bond donors (Lipinski definition) is 0. The van der Waals surface area contributed by atoms with Crippen molar-refractivity contribution in [1.82, 2.24) is 9.88 Å². The first kappa shape index (κ1) is 16.0. The number of carbonyl (C=O) groups excluding carboxylic acids is 1. The Morgan fingerprint density at radius 3 is 2.67 bits per heavy atom. The van der Waals surface area contributed by atoms with Crippen molar-refractivity contribution >= 4 is 5.91 Å². The summed E-state index contributed by atoms with van der Waals surface area (Å²) in [5, 5.41) is 8.80. The molecule has 1 heterocycles. The molecule has 1 aliphatic rings. The second-order valence-electron chi connectivity index (χ2n) is 5.89. The molecule has 2 aromatic rings. The lowest BCUT2D eigenvalue weighted by atomic mass is 10.1. The highest BCUT2D eigenvalue weighted by Gasteiger charge is 2.36. The van der Waals surface area contributed by atoms with Crippen LogP contribution >= 0.6 is 0 Å². The van der Waals surface area contributed by atoms with Gasteiger partial charge in [0.25, 0.3) is 5.91 Å². The minimum atomic E-state index is -0.0734. The van der Waals surface area contributed by atoms with Crippen molar-refractivity contribution in [2.45, 2.75) is 31.8 Å². The second kappa shape index (κ2) is 7.14. The number of pyridine rings is 1. The first-order chi connectivity index (χ1) is 11.7. The smallest absolute Gasteiger partial charge is 0.261 e. The molecular weight excluding hydrogens is 302 g/mol. The van der Waals surface area contributed by atoms with E-state index in [1.807, 2.05) is 30.0 Å². The molecular formula is C19H19N3O2. The third-order valence-electron chi connectivity index (χ3n) is 4.11. The van der Waals surface area contributed by atoms with E-state index < -0.39 is 0 Å². The molecule has 1 atom stereocenters. The average molecular weight is 321 g/mol. The highest BCUT2D eigenvalue weighted by atomic mass is 16.5. The lowest BCUT2D eigenvalue weighted by Gasteiger charge is -2.29. The van der Waals surface area contributed by atoms with E-state index in [-0.39, 0.29) is 24.6 Å². The van der Waals surface area contributed by atoms with Crippen LogP contribution in [-0.4, -0.2) is 28.4 Å². The summed E-state index contributed by atoms with van der Waals surface area (Å²) >= 11 is 0. The maximum atomic E-state index is 12.7. The van der Waals surface area contributed by atoms with Crippen LogP contribution < -0.4 is 4.74 Å². The van der Waals surface area contributed by atoms with Crippen molar-refractivity contribution < 1.29 is 9.53 Å². The Morgan fingerprint density at radius 1 is 1.33 bits per heavy atom. The highest BCUT2D eigenvalue weighted by molar-refractivity contribution is 5.79. The molecule has 5 nitrogen and oxygen atoms in total. The Morgan fingerprint density at radius 2 is 2.08 bits per heavy atom. The molecule has 3 rings (SSSR count). The van der Waals surface area contributed by atoms with Gasteiger partial charge >= 0.3 is 0 Å². The van der Waals surface area contributed by atoms with Gasteiger partial charge in [0.05, 0.1) is 23.4 Å². The maximum Gasteiger partial charge on any atom is 0.261 e. The van der Waals surface area contributed by atoms with Crippen LogP contribution in [0.1, 0.15) is 37.1 Å². The third kappa shape index (κ3) is 3.72. The molecule has 0 saturated heterocycles. The summed E-state index contributed by atoms with van der Waals surface area (Å²) in [7, 11) is 0. The molecule has 122 valence electrons. The quantitative estimate of drug-likeness (QED) is 0.820. The van der Waals surface area contributed by atoms with Crippen molar-refractivity contribution in [3.8, 4) is 11.8 Å². The van der Waals surface area contributed by atoms with Gasteiger partial charge in [-0.05, 0) is 56.2 Å². The number of carbonyl (C=O) groups is 1. The van der Waals surface area contributed by atoms with Gasteiger partial charge in [0.2, 0.25) is 0 Å². The normalized spacial score (nSPS) is 14.5. The van der Waals surface area contributed by atoms with Gasteiger partial charge in [0.1, 0.15) is 5.75 Å². The van der Waals surface area contributed by atoms with Crippen molar-refractivity contribution in [3.63, 3.8) is 0 Å². The van der Waals surface area contributed by atoms with Crippen LogP contribution in [-0.2, 0) is 4.79 Å². The molecule has 1 saturated carbocycles. The van der Waals surface area contributed by atoms with Crippen LogP contribution in [0, 0.1) is 11.3 Å². The Hall–Kier alpha value is -2.87. The fourth-order valence-corrected chi connectivity index (χ4v) is 2.70. The number of nitriles is 1. The van der Waals surface area contributed by atoms with E-state index in [0.717, 1.165) is 18.5 Å². The number of ether oxygens (including phenoxy) is 1. The molecule has 0 radical (unpaired) electrons. The summed E-state index contributed by atoms with van der Waals surface area (Å²) in [6.45, 7) is 1.99. The summed E-state index contributed by atoms with van der Waals surface area (Å²) in [5.41, 5.74) is 1.45. The van der Waals surface area contributed by atoms with Crippen LogP contribution in [0.15, 0.2) is 48.7 Å². The molecule has 1 aromatic carbocycles. The molecule has 0 N–H and O–H groups in total. The van der Waals surface area contributed by atoms with E-state index in [2.05, 4.69) is 11.1 Å². The summed E-state index contributed by atoms with van der Waals surface area (Å²) in [6.07, 6.45) is 3.80. The van der Waals surface area contributed by atoms with Crippen molar-refractivity contribution in [2.75, 3.05) is 6.61 Å². The number of hydrogen-bond acceptors (Lipinski definition) is 4. The Bertz CT molecular complexity index is 733. The number of amides is 1. The average Bonchev–Trinajstić information content (AvgIpc) is 3.46. The van der Waals surface area contributed by atoms with E-state index in [1.165, 1.54) is 0 Å². The first-order valence-electron chi connectivity index (χ1n) is 8.04. The Kier molecular flexibility index (Phi) is 4.76. The van der Waals surface area contributed by atoms with E-state index >= 15 is 0 Å². The zero-order valence-corrected chi connectivity index (χ0v) is 13.6. The van der Waals surface area contributed by atoms with Crippen LogP contribution in [0.3, 0.4) is 0 Å². The monoisotopic (exact) mass is 321 g/mol. The Balaban J connectivity index is 1.65. The van der Waals surface area contributed by atoms with Gasteiger partial charge in [0.15, 0.2) is 6.61 Å². The second-order valence-corrected chi connectivity index (χ2v) is 5.89. The lowest BCUT2D eigenvalue weighted by Crippen LogP contribution is -2.39. The topological polar surface area (TPSA) is 66.2 Å². The molecule has 0 bridgehead atoms. The zero-order chi connectivity index (χ0) is 16.9. The molecule has 1 fully saturated rings. The summed E-state index contributed by atoms with van der Waals surface area (Å²) < 4.78 is 5.59. The summed E-state index contributed by atoms with van der Waals surface area (Å²) in [6, 6.07) is 14.8. The number of nitrogens with zero attached hydrogens (tertiary/aromatic N) is 3. The maximum absolute atomic E-state index is 12.7. The molecule has 0 unspecified atom stereocenters. The number of rotatable bonds is 6. The van der Waals surface area contributed by atoms with Gasteiger partial charge in [0, 0.05) is 12.2 Å². The number of benzene rings is 1. The van der Waals surface area contributed by atoms with E-state index in [9.17, 15) is 4.79 Å². The summed E-state index contributed by atoms with van der Waals surface area (Å²) in [5.74, 6) is 0.545. The van der Waals surface area contributed by atoms with Crippen molar-refractivity contribution in [3.05, 3.63) is 59.9 Å². The first-order valence-corrected chi connectivity index (χ1v) is 8.04. The number of aromatic nitrogens is 1. The molecule has 1 aliphatic carbocycles. The molecule has 0 aliphatic heterocycles. The van der Waals surface area contributed by atoms with Gasteiger partial charge in [-0.15, -0.1) is 0 Å². The zero-order valence-electron chi connectivity index (χ0n) is 13.6. The predicted octanol–water partition coefficient (Wildman–Crippen LogP) is 3.08. The van der Waals surface area contributed by atoms with Crippen molar-refractivity contribution in [1.29, 1.82) is 5.26 Å². The molecule has 5 heteroatoms. The minimum absolute atomic E-state index is 0.0143. The third-order valence-corrected chi connectivity index (χ3v) is 4.11. The fourth-order valence-electron chi connectivity index (χ4n) is 2.70. The molecule has 0 spiro atoms.